The fourth-order valence-corrected chi connectivity index (χ4v) is 2.59. The highest BCUT2D eigenvalue weighted by molar-refractivity contribution is 5.82. The number of hydrogen-bond donors (Lipinski definition) is 1. The van der Waals surface area contributed by atoms with E-state index in [-0.39, 0.29) is 17.9 Å². The second-order valence-electron chi connectivity index (χ2n) is 5.97. The SMILES string of the molecule is CCCN(C)CC1CCN(C(=O)[C@@H](N)C(C)C)C1. The summed E-state index contributed by atoms with van der Waals surface area (Å²) in [6.07, 6.45) is 2.30. The van der Waals surface area contributed by atoms with Crippen LogP contribution in [-0.2, 0) is 4.79 Å². The van der Waals surface area contributed by atoms with Gasteiger partial charge in [0.25, 0.3) is 0 Å². The molecular weight excluding hydrogens is 226 g/mol. The summed E-state index contributed by atoms with van der Waals surface area (Å²) in [5.41, 5.74) is 5.93. The smallest absolute Gasteiger partial charge is 0.239 e. The Labute approximate surface area is 111 Å². The topological polar surface area (TPSA) is 49.6 Å². The van der Waals surface area contributed by atoms with Crippen LogP contribution in [0.3, 0.4) is 0 Å². The molecule has 1 aliphatic rings. The van der Waals surface area contributed by atoms with Crippen molar-refractivity contribution in [1.29, 1.82) is 0 Å². The van der Waals surface area contributed by atoms with Crippen LogP contribution in [0.25, 0.3) is 0 Å². The number of nitrogens with two attached hydrogens (primary N) is 1. The Morgan fingerprint density at radius 1 is 1.50 bits per heavy atom. The molecule has 1 heterocycles. The third-order valence-electron chi connectivity index (χ3n) is 3.78. The quantitative estimate of drug-likeness (QED) is 0.775. The van der Waals surface area contributed by atoms with E-state index in [1.54, 1.807) is 0 Å². The molecule has 2 atom stereocenters. The van der Waals surface area contributed by atoms with Gasteiger partial charge in [-0.05, 0) is 38.3 Å². The number of likely N-dealkylation sites (tertiary alicyclic amines) is 1. The van der Waals surface area contributed by atoms with Gasteiger partial charge in [0.1, 0.15) is 0 Å². The van der Waals surface area contributed by atoms with Crippen molar-refractivity contribution in [3.63, 3.8) is 0 Å². The molecular formula is C14H29N3O. The first-order valence-corrected chi connectivity index (χ1v) is 7.18. The van der Waals surface area contributed by atoms with Crippen LogP contribution in [0.15, 0.2) is 0 Å². The molecule has 0 aliphatic carbocycles. The minimum Gasteiger partial charge on any atom is -0.341 e. The van der Waals surface area contributed by atoms with E-state index >= 15 is 0 Å². The summed E-state index contributed by atoms with van der Waals surface area (Å²) in [4.78, 5) is 16.4. The van der Waals surface area contributed by atoms with Crippen molar-refractivity contribution in [2.75, 3.05) is 33.2 Å². The Morgan fingerprint density at radius 2 is 2.17 bits per heavy atom. The highest BCUT2D eigenvalue weighted by atomic mass is 16.2. The monoisotopic (exact) mass is 255 g/mol. The van der Waals surface area contributed by atoms with Crippen molar-refractivity contribution < 1.29 is 4.79 Å². The van der Waals surface area contributed by atoms with E-state index in [2.05, 4.69) is 18.9 Å². The van der Waals surface area contributed by atoms with Gasteiger partial charge in [0, 0.05) is 19.6 Å². The Kier molecular flexibility index (Phi) is 6.09. The van der Waals surface area contributed by atoms with Gasteiger partial charge < -0.3 is 15.5 Å². The molecule has 2 N–H and O–H groups in total. The van der Waals surface area contributed by atoms with Crippen LogP contribution >= 0.6 is 0 Å². The zero-order valence-electron chi connectivity index (χ0n) is 12.4. The summed E-state index contributed by atoms with van der Waals surface area (Å²) in [5.74, 6) is 0.967. The van der Waals surface area contributed by atoms with Gasteiger partial charge in [-0.15, -0.1) is 0 Å². The van der Waals surface area contributed by atoms with E-state index in [0.717, 1.165) is 32.6 Å². The minimum atomic E-state index is -0.336. The molecule has 106 valence electrons. The molecule has 1 unspecified atom stereocenters. The fraction of sp³-hybridized carbons (Fsp3) is 0.929. The van der Waals surface area contributed by atoms with Crippen molar-refractivity contribution in [2.24, 2.45) is 17.6 Å². The van der Waals surface area contributed by atoms with Crippen LogP contribution in [0.5, 0.6) is 0 Å². The maximum Gasteiger partial charge on any atom is 0.239 e. The lowest BCUT2D eigenvalue weighted by atomic mass is 10.0. The molecule has 0 aromatic carbocycles. The van der Waals surface area contributed by atoms with Gasteiger partial charge >= 0.3 is 0 Å². The number of amides is 1. The molecule has 0 spiro atoms. The van der Waals surface area contributed by atoms with Crippen molar-refractivity contribution in [3.05, 3.63) is 0 Å². The summed E-state index contributed by atoms with van der Waals surface area (Å²) < 4.78 is 0. The normalized spacial score (nSPS) is 21.9. The standard InChI is InChI=1S/C14H29N3O/c1-5-7-16(4)9-12-6-8-17(10-12)14(18)13(15)11(2)3/h11-13H,5-10,15H2,1-4H3/t12?,13-/m0/s1. The van der Waals surface area contributed by atoms with Gasteiger partial charge in [0.15, 0.2) is 0 Å². The van der Waals surface area contributed by atoms with Crippen molar-refractivity contribution in [3.8, 4) is 0 Å². The molecule has 0 saturated carbocycles. The highest BCUT2D eigenvalue weighted by Crippen LogP contribution is 2.19. The van der Waals surface area contributed by atoms with Gasteiger partial charge in [-0.25, -0.2) is 0 Å². The summed E-state index contributed by atoms with van der Waals surface area (Å²) in [6, 6.07) is -0.336. The first-order valence-electron chi connectivity index (χ1n) is 7.18. The summed E-state index contributed by atoms with van der Waals surface area (Å²) in [5, 5.41) is 0. The van der Waals surface area contributed by atoms with Crippen LogP contribution in [0.4, 0.5) is 0 Å². The van der Waals surface area contributed by atoms with E-state index in [1.165, 1.54) is 6.42 Å². The lowest BCUT2D eigenvalue weighted by molar-refractivity contribution is -0.132. The Balaban J connectivity index is 2.39. The molecule has 1 aliphatic heterocycles. The second-order valence-corrected chi connectivity index (χ2v) is 5.97. The summed E-state index contributed by atoms with van der Waals surface area (Å²) in [7, 11) is 2.16. The zero-order valence-corrected chi connectivity index (χ0v) is 12.4. The van der Waals surface area contributed by atoms with Crippen LogP contribution in [0.1, 0.15) is 33.6 Å². The predicted octanol–water partition coefficient (Wildman–Crippen LogP) is 1.16. The highest BCUT2D eigenvalue weighted by Gasteiger charge is 2.30. The van der Waals surface area contributed by atoms with Gasteiger partial charge in [0.2, 0.25) is 5.91 Å². The molecule has 0 radical (unpaired) electrons. The van der Waals surface area contributed by atoms with Crippen LogP contribution in [0, 0.1) is 11.8 Å². The third kappa shape index (κ3) is 4.25. The number of carbonyl (C=O) groups excluding carboxylic acids is 1. The van der Waals surface area contributed by atoms with E-state index < -0.39 is 0 Å². The average molecular weight is 255 g/mol. The van der Waals surface area contributed by atoms with Crippen LogP contribution in [-0.4, -0.2) is 55.0 Å². The molecule has 1 rings (SSSR count). The summed E-state index contributed by atoms with van der Waals surface area (Å²) in [6.45, 7) is 10.2. The Hall–Kier alpha value is -0.610. The largest absolute Gasteiger partial charge is 0.341 e. The molecule has 0 aromatic heterocycles. The molecule has 18 heavy (non-hydrogen) atoms. The lowest BCUT2D eigenvalue weighted by Gasteiger charge is -2.24. The molecule has 1 fully saturated rings. The third-order valence-corrected chi connectivity index (χ3v) is 3.78. The number of nitrogens with zero attached hydrogens (tertiary/aromatic N) is 2. The van der Waals surface area contributed by atoms with Gasteiger partial charge in [-0.2, -0.15) is 0 Å². The molecule has 1 amide bonds. The Bertz CT molecular complexity index is 268. The number of carbonyl (C=O) groups is 1. The maximum absolute atomic E-state index is 12.1. The van der Waals surface area contributed by atoms with E-state index in [1.807, 2.05) is 18.7 Å². The minimum absolute atomic E-state index is 0.130. The zero-order chi connectivity index (χ0) is 13.7. The fourth-order valence-electron chi connectivity index (χ4n) is 2.59. The first kappa shape index (κ1) is 15.4. The molecule has 1 saturated heterocycles. The Morgan fingerprint density at radius 3 is 2.72 bits per heavy atom. The molecule has 4 heteroatoms. The van der Waals surface area contributed by atoms with Crippen molar-refractivity contribution in [2.45, 2.75) is 39.7 Å². The molecule has 0 bridgehead atoms. The van der Waals surface area contributed by atoms with E-state index in [9.17, 15) is 4.79 Å². The van der Waals surface area contributed by atoms with Crippen LogP contribution in [0.2, 0.25) is 0 Å². The average Bonchev–Trinajstić information content (AvgIpc) is 2.75. The van der Waals surface area contributed by atoms with Crippen LogP contribution < -0.4 is 5.73 Å². The van der Waals surface area contributed by atoms with Crippen molar-refractivity contribution >= 4 is 5.91 Å². The molecule has 4 nitrogen and oxygen atoms in total. The second kappa shape index (κ2) is 7.10. The van der Waals surface area contributed by atoms with Gasteiger partial charge in [0.05, 0.1) is 6.04 Å². The van der Waals surface area contributed by atoms with E-state index in [0.29, 0.717) is 5.92 Å². The first-order chi connectivity index (χ1) is 8.45. The van der Waals surface area contributed by atoms with Gasteiger partial charge in [-0.1, -0.05) is 20.8 Å². The van der Waals surface area contributed by atoms with Crippen molar-refractivity contribution in [1.82, 2.24) is 9.80 Å². The molecule has 0 aromatic rings. The lowest BCUT2D eigenvalue weighted by Crippen LogP contribution is -2.45. The summed E-state index contributed by atoms with van der Waals surface area (Å²) >= 11 is 0. The van der Waals surface area contributed by atoms with E-state index in [4.69, 9.17) is 5.73 Å². The van der Waals surface area contributed by atoms with Gasteiger partial charge in [-0.3, -0.25) is 4.79 Å². The predicted molar refractivity (Wildman–Crippen MR) is 75.3 cm³/mol. The number of rotatable bonds is 6. The number of hydrogen-bond acceptors (Lipinski definition) is 3. The maximum atomic E-state index is 12.1.